The molecular formula is C14H7Br3N2S2. The van der Waals surface area contributed by atoms with Crippen molar-refractivity contribution in [3.8, 4) is 11.8 Å². The van der Waals surface area contributed by atoms with E-state index in [4.69, 9.17) is 0 Å². The molecule has 0 bridgehead atoms. The van der Waals surface area contributed by atoms with Crippen molar-refractivity contribution < 1.29 is 0 Å². The van der Waals surface area contributed by atoms with Gasteiger partial charge >= 0.3 is 0 Å². The molecule has 2 nitrogen and oxygen atoms in total. The Hall–Kier alpha value is -0.520. The number of benzene rings is 1. The number of nitrogens with zero attached hydrogens (tertiary/aromatic N) is 2. The molecule has 0 atom stereocenters. The number of rotatable bonds is 0. The van der Waals surface area contributed by atoms with Gasteiger partial charge in [0.2, 0.25) is 0 Å². The van der Waals surface area contributed by atoms with Crippen molar-refractivity contribution >= 4 is 70.5 Å². The highest BCUT2D eigenvalue weighted by Gasteiger charge is 1.93. The molecule has 0 fully saturated rings. The number of thiazole rings is 2. The van der Waals surface area contributed by atoms with Gasteiger partial charge in [-0.15, -0.1) is 22.7 Å². The Morgan fingerprint density at radius 2 is 1.48 bits per heavy atom. The maximum atomic E-state index is 4.19. The molecule has 0 amide bonds. The lowest BCUT2D eigenvalue weighted by molar-refractivity contribution is 1.33. The minimum absolute atomic E-state index is 0.834. The van der Waals surface area contributed by atoms with Gasteiger partial charge in [-0.25, -0.2) is 9.97 Å². The second-order valence-electron chi connectivity index (χ2n) is 3.51. The Morgan fingerprint density at radius 3 is 1.95 bits per heavy atom. The van der Waals surface area contributed by atoms with Gasteiger partial charge < -0.3 is 0 Å². The molecule has 0 aliphatic rings. The Balaban J connectivity index is 0.000000194. The third-order valence-electron chi connectivity index (χ3n) is 2.01. The highest BCUT2D eigenvalue weighted by Crippen LogP contribution is 2.19. The average Bonchev–Trinajstić information content (AvgIpc) is 3.07. The van der Waals surface area contributed by atoms with E-state index in [1.807, 2.05) is 41.1 Å². The molecule has 0 saturated carbocycles. The van der Waals surface area contributed by atoms with Gasteiger partial charge in [-0.3, -0.25) is 0 Å². The SMILES string of the molecule is Brc1csc(Br)n1.Brc1csc(C#Cc2ccccc2)n1. The lowest BCUT2D eigenvalue weighted by Gasteiger charge is -1.84. The second-order valence-corrected chi connectivity index (χ2v) is 8.13. The summed E-state index contributed by atoms with van der Waals surface area (Å²) >= 11 is 12.8. The number of halogens is 3. The molecule has 0 saturated heterocycles. The molecule has 2 heterocycles. The molecule has 0 aliphatic carbocycles. The van der Waals surface area contributed by atoms with E-state index >= 15 is 0 Å². The van der Waals surface area contributed by atoms with Crippen molar-refractivity contribution in [2.75, 3.05) is 0 Å². The summed E-state index contributed by atoms with van der Waals surface area (Å²) in [5, 5.41) is 4.68. The number of hydrogen-bond acceptors (Lipinski definition) is 4. The molecule has 0 aliphatic heterocycles. The first kappa shape index (κ1) is 16.8. The minimum atomic E-state index is 0.834. The van der Waals surface area contributed by atoms with Crippen LogP contribution in [0.15, 0.2) is 54.2 Å². The Kier molecular flexibility index (Phi) is 7.07. The van der Waals surface area contributed by atoms with Gasteiger partial charge in [0, 0.05) is 16.3 Å². The lowest BCUT2D eigenvalue weighted by atomic mass is 10.2. The van der Waals surface area contributed by atoms with Crippen LogP contribution in [0.25, 0.3) is 0 Å². The zero-order valence-electron chi connectivity index (χ0n) is 10.4. The summed E-state index contributed by atoms with van der Waals surface area (Å²) in [5.41, 5.74) is 1.01. The van der Waals surface area contributed by atoms with Gasteiger partial charge in [0.15, 0.2) is 8.92 Å². The van der Waals surface area contributed by atoms with Crippen molar-refractivity contribution in [3.05, 3.63) is 64.8 Å². The smallest absolute Gasteiger partial charge is 0.168 e. The van der Waals surface area contributed by atoms with E-state index in [1.54, 1.807) is 11.3 Å². The van der Waals surface area contributed by atoms with Crippen LogP contribution in [0.5, 0.6) is 0 Å². The first-order valence-corrected chi connectivity index (χ1v) is 9.72. The van der Waals surface area contributed by atoms with Gasteiger partial charge in [-0.1, -0.05) is 24.1 Å². The zero-order chi connectivity index (χ0) is 15.1. The third-order valence-corrected chi connectivity index (χ3v) is 5.55. The quantitative estimate of drug-likeness (QED) is 0.351. The van der Waals surface area contributed by atoms with Crippen molar-refractivity contribution in [2.24, 2.45) is 0 Å². The van der Waals surface area contributed by atoms with Crippen molar-refractivity contribution in [2.45, 2.75) is 0 Å². The normalized spacial score (nSPS) is 9.29. The van der Waals surface area contributed by atoms with Gasteiger partial charge in [0.05, 0.1) is 0 Å². The highest BCUT2D eigenvalue weighted by atomic mass is 79.9. The minimum Gasteiger partial charge on any atom is -0.222 e. The molecule has 106 valence electrons. The molecule has 21 heavy (non-hydrogen) atoms. The van der Waals surface area contributed by atoms with Crippen LogP contribution in [0.1, 0.15) is 10.6 Å². The first-order valence-electron chi connectivity index (χ1n) is 5.58. The molecule has 3 aromatic rings. The molecule has 1 aromatic carbocycles. The summed E-state index contributed by atoms with van der Waals surface area (Å²) in [6, 6.07) is 9.89. The van der Waals surface area contributed by atoms with Gasteiger partial charge in [0.25, 0.3) is 0 Å². The Morgan fingerprint density at radius 1 is 0.810 bits per heavy atom. The summed E-state index contributed by atoms with van der Waals surface area (Å²) in [6.07, 6.45) is 0. The maximum absolute atomic E-state index is 4.19. The largest absolute Gasteiger partial charge is 0.222 e. The summed E-state index contributed by atoms with van der Waals surface area (Å²) in [7, 11) is 0. The van der Waals surface area contributed by atoms with Crippen molar-refractivity contribution in [3.63, 3.8) is 0 Å². The van der Waals surface area contributed by atoms with Crippen LogP contribution in [-0.4, -0.2) is 9.97 Å². The van der Waals surface area contributed by atoms with Crippen LogP contribution < -0.4 is 0 Å². The fraction of sp³-hybridized carbons (Fsp3) is 0. The summed E-state index contributed by atoms with van der Waals surface area (Å²) in [4.78, 5) is 8.15. The van der Waals surface area contributed by atoms with E-state index in [2.05, 4.69) is 69.6 Å². The van der Waals surface area contributed by atoms with Crippen LogP contribution in [-0.2, 0) is 0 Å². The molecule has 3 rings (SSSR count). The molecule has 0 radical (unpaired) electrons. The van der Waals surface area contributed by atoms with E-state index in [9.17, 15) is 0 Å². The standard InChI is InChI=1S/C11H6BrNS.C3HBr2NS/c12-10-8-14-11(13-10)7-6-9-4-2-1-3-5-9;4-2-1-7-3(5)6-2/h1-5,8H;1H. The number of hydrogen-bond donors (Lipinski definition) is 0. The van der Waals surface area contributed by atoms with E-state index < -0.39 is 0 Å². The summed E-state index contributed by atoms with van der Waals surface area (Å²) in [5.74, 6) is 6.06. The summed E-state index contributed by atoms with van der Waals surface area (Å²) < 4.78 is 2.66. The van der Waals surface area contributed by atoms with Crippen molar-refractivity contribution in [1.29, 1.82) is 0 Å². The van der Waals surface area contributed by atoms with Gasteiger partial charge in [-0.2, -0.15) is 0 Å². The van der Waals surface area contributed by atoms with Crippen LogP contribution >= 0.6 is 70.5 Å². The van der Waals surface area contributed by atoms with E-state index in [0.29, 0.717) is 0 Å². The molecular weight excluding hydrogens is 500 g/mol. The highest BCUT2D eigenvalue weighted by molar-refractivity contribution is 9.11. The first-order chi connectivity index (χ1) is 10.1. The van der Waals surface area contributed by atoms with Crippen LogP contribution in [0.2, 0.25) is 0 Å². The molecule has 0 spiro atoms. The van der Waals surface area contributed by atoms with E-state index in [0.717, 1.165) is 23.7 Å². The Bertz CT molecular complexity index is 741. The predicted molar refractivity (Wildman–Crippen MR) is 99.7 cm³/mol. The molecule has 0 unspecified atom stereocenters. The molecule has 7 heteroatoms. The van der Waals surface area contributed by atoms with Crippen LogP contribution in [0.4, 0.5) is 0 Å². The van der Waals surface area contributed by atoms with E-state index in [1.165, 1.54) is 11.3 Å². The Labute approximate surface area is 156 Å². The predicted octanol–water partition coefficient (Wildman–Crippen LogP) is 5.97. The maximum Gasteiger partial charge on any atom is 0.168 e. The summed E-state index contributed by atoms with van der Waals surface area (Å²) in [6.45, 7) is 0. The van der Waals surface area contributed by atoms with E-state index in [-0.39, 0.29) is 0 Å². The second kappa shape index (κ2) is 8.81. The zero-order valence-corrected chi connectivity index (χ0v) is 16.8. The van der Waals surface area contributed by atoms with Crippen LogP contribution in [0.3, 0.4) is 0 Å². The van der Waals surface area contributed by atoms with Crippen molar-refractivity contribution in [1.82, 2.24) is 9.97 Å². The third kappa shape index (κ3) is 6.41. The molecule has 2 aromatic heterocycles. The average molecular weight is 507 g/mol. The monoisotopic (exact) mass is 504 g/mol. The number of aromatic nitrogens is 2. The topological polar surface area (TPSA) is 25.8 Å². The lowest BCUT2D eigenvalue weighted by Crippen LogP contribution is -1.73. The fourth-order valence-corrected chi connectivity index (χ4v) is 3.97. The fourth-order valence-electron chi connectivity index (χ4n) is 1.19. The van der Waals surface area contributed by atoms with Gasteiger partial charge in [-0.05, 0) is 65.8 Å². The molecule has 0 N–H and O–H groups in total. The van der Waals surface area contributed by atoms with Crippen LogP contribution in [0, 0.1) is 11.8 Å². The van der Waals surface area contributed by atoms with Gasteiger partial charge in [0.1, 0.15) is 9.21 Å².